The van der Waals surface area contributed by atoms with Gasteiger partial charge in [0.25, 0.3) is 0 Å². The highest BCUT2D eigenvalue weighted by Crippen LogP contribution is 2.39. The fourth-order valence-electron chi connectivity index (χ4n) is 3.40. The van der Waals surface area contributed by atoms with Gasteiger partial charge in [-0.25, -0.2) is 0 Å². The van der Waals surface area contributed by atoms with Gasteiger partial charge < -0.3 is 5.11 Å². The van der Waals surface area contributed by atoms with E-state index in [0.717, 1.165) is 13.0 Å². The summed E-state index contributed by atoms with van der Waals surface area (Å²) < 4.78 is 0. The van der Waals surface area contributed by atoms with Gasteiger partial charge in [-0.05, 0) is 39.7 Å². The van der Waals surface area contributed by atoms with Crippen molar-refractivity contribution in [3.63, 3.8) is 0 Å². The molecule has 1 saturated carbocycles. The van der Waals surface area contributed by atoms with Gasteiger partial charge in [-0.15, -0.1) is 0 Å². The molecular weight excluding hydrogens is 190 g/mol. The normalized spacial score (nSPS) is 32.3. The lowest BCUT2D eigenvalue weighted by Gasteiger charge is -2.38. The molecule has 1 heterocycles. The number of likely N-dealkylation sites (tertiary alicyclic amines) is 1. The Morgan fingerprint density at radius 3 is 2.33 bits per heavy atom. The molecule has 3 heteroatoms. The summed E-state index contributed by atoms with van der Waals surface area (Å²) >= 11 is 0. The monoisotopic (exact) mass is 211 g/mol. The van der Waals surface area contributed by atoms with Crippen molar-refractivity contribution < 1.29 is 9.90 Å². The number of nitrogens with zero attached hydrogens (tertiary/aromatic N) is 1. The van der Waals surface area contributed by atoms with Crippen LogP contribution in [0.3, 0.4) is 0 Å². The Labute approximate surface area is 91.5 Å². The molecule has 2 rings (SSSR count). The van der Waals surface area contributed by atoms with E-state index in [2.05, 4.69) is 18.7 Å². The summed E-state index contributed by atoms with van der Waals surface area (Å²) in [6, 6.07) is 0.643. The number of carboxylic acids is 1. The summed E-state index contributed by atoms with van der Waals surface area (Å²) in [6.45, 7) is 5.16. The second-order valence-corrected chi connectivity index (χ2v) is 5.46. The van der Waals surface area contributed by atoms with Crippen LogP contribution in [0.5, 0.6) is 0 Å². The maximum atomic E-state index is 11.2. The van der Waals surface area contributed by atoms with Crippen LogP contribution in [0.15, 0.2) is 0 Å². The van der Waals surface area contributed by atoms with Gasteiger partial charge in [-0.3, -0.25) is 9.69 Å². The van der Waals surface area contributed by atoms with Crippen LogP contribution < -0.4 is 0 Å². The van der Waals surface area contributed by atoms with E-state index in [4.69, 9.17) is 0 Å². The molecule has 2 fully saturated rings. The topological polar surface area (TPSA) is 40.5 Å². The third-order valence-electron chi connectivity index (χ3n) is 4.32. The molecule has 3 nitrogen and oxygen atoms in total. The van der Waals surface area contributed by atoms with Crippen molar-refractivity contribution in [1.29, 1.82) is 0 Å². The number of hydrogen-bond acceptors (Lipinski definition) is 2. The van der Waals surface area contributed by atoms with E-state index in [0.29, 0.717) is 6.04 Å². The first-order valence-corrected chi connectivity index (χ1v) is 6.03. The first-order valence-electron chi connectivity index (χ1n) is 6.03. The maximum Gasteiger partial charge on any atom is 0.308 e. The Bertz CT molecular complexity index is 256. The average molecular weight is 211 g/mol. The highest BCUT2D eigenvalue weighted by Gasteiger charge is 2.47. The molecule has 0 bridgehead atoms. The van der Waals surface area contributed by atoms with Crippen molar-refractivity contribution in [1.82, 2.24) is 4.90 Å². The molecule has 0 spiro atoms. The van der Waals surface area contributed by atoms with E-state index >= 15 is 0 Å². The Kier molecular flexibility index (Phi) is 2.75. The second-order valence-electron chi connectivity index (χ2n) is 5.46. The zero-order chi connectivity index (χ0) is 11.1. The first-order chi connectivity index (χ1) is 7.03. The lowest BCUT2D eigenvalue weighted by Crippen LogP contribution is -2.49. The van der Waals surface area contributed by atoms with E-state index < -0.39 is 5.97 Å². The second kappa shape index (κ2) is 3.78. The maximum absolute atomic E-state index is 11.2. The van der Waals surface area contributed by atoms with Gasteiger partial charge in [0.2, 0.25) is 0 Å². The summed E-state index contributed by atoms with van der Waals surface area (Å²) in [5.41, 5.74) is -0.152. The minimum absolute atomic E-state index is 0.152. The fourth-order valence-corrected chi connectivity index (χ4v) is 3.40. The third kappa shape index (κ3) is 1.78. The first kappa shape index (κ1) is 10.9. The zero-order valence-corrected chi connectivity index (χ0v) is 9.70. The lowest BCUT2D eigenvalue weighted by atomic mass is 9.88. The third-order valence-corrected chi connectivity index (χ3v) is 4.32. The summed E-state index contributed by atoms with van der Waals surface area (Å²) in [5.74, 6) is -0.807. The van der Waals surface area contributed by atoms with Gasteiger partial charge in [0.1, 0.15) is 0 Å². The van der Waals surface area contributed by atoms with Gasteiger partial charge in [0.05, 0.1) is 5.92 Å². The largest absolute Gasteiger partial charge is 0.481 e. The summed E-state index contributed by atoms with van der Waals surface area (Å²) in [6.07, 6.45) is 5.97. The molecule has 15 heavy (non-hydrogen) atoms. The van der Waals surface area contributed by atoms with Crippen LogP contribution in [-0.4, -0.2) is 34.1 Å². The van der Waals surface area contributed by atoms with Crippen LogP contribution in [0.4, 0.5) is 0 Å². The molecular formula is C12H21NO2. The van der Waals surface area contributed by atoms with Crippen LogP contribution >= 0.6 is 0 Å². The zero-order valence-electron chi connectivity index (χ0n) is 9.70. The quantitative estimate of drug-likeness (QED) is 0.760. The Morgan fingerprint density at radius 2 is 1.87 bits per heavy atom. The van der Waals surface area contributed by atoms with Gasteiger partial charge in [-0.1, -0.05) is 12.8 Å². The van der Waals surface area contributed by atoms with E-state index in [9.17, 15) is 9.90 Å². The Balaban J connectivity index is 2.11. The van der Waals surface area contributed by atoms with Crippen molar-refractivity contribution in [2.45, 2.75) is 57.5 Å². The molecule has 1 aliphatic heterocycles. The van der Waals surface area contributed by atoms with Crippen LogP contribution in [0.2, 0.25) is 0 Å². The Morgan fingerprint density at radius 1 is 1.27 bits per heavy atom. The molecule has 1 N–H and O–H groups in total. The van der Waals surface area contributed by atoms with Crippen LogP contribution in [0, 0.1) is 5.92 Å². The van der Waals surface area contributed by atoms with Crippen LogP contribution in [0.25, 0.3) is 0 Å². The fraction of sp³-hybridized carbons (Fsp3) is 0.917. The number of carboxylic acid groups (broad SMARTS) is 1. The van der Waals surface area contributed by atoms with Gasteiger partial charge in [0, 0.05) is 11.6 Å². The number of aliphatic carboxylic acids is 1. The van der Waals surface area contributed by atoms with Crippen molar-refractivity contribution in [2.75, 3.05) is 6.54 Å². The molecule has 0 aromatic carbocycles. The van der Waals surface area contributed by atoms with Crippen molar-refractivity contribution in [3.8, 4) is 0 Å². The molecule has 1 aliphatic carbocycles. The lowest BCUT2D eigenvalue weighted by molar-refractivity contribution is -0.144. The van der Waals surface area contributed by atoms with Gasteiger partial charge >= 0.3 is 5.97 Å². The molecule has 0 radical (unpaired) electrons. The summed E-state index contributed by atoms with van der Waals surface area (Å²) in [7, 11) is 0. The molecule has 1 atom stereocenters. The van der Waals surface area contributed by atoms with Crippen molar-refractivity contribution in [3.05, 3.63) is 0 Å². The van der Waals surface area contributed by atoms with Crippen LogP contribution in [-0.2, 0) is 4.79 Å². The predicted molar refractivity (Wildman–Crippen MR) is 58.8 cm³/mol. The molecule has 0 aromatic rings. The standard InChI is InChI=1S/C12H21NO2/c1-12(2)10(11(14)15)7-8-13(12)9-5-3-4-6-9/h9-10H,3-8H2,1-2H3,(H,14,15). The number of rotatable bonds is 2. The number of hydrogen-bond donors (Lipinski definition) is 1. The van der Waals surface area contributed by atoms with Gasteiger partial charge in [-0.2, -0.15) is 0 Å². The van der Waals surface area contributed by atoms with E-state index in [1.165, 1.54) is 25.7 Å². The molecule has 86 valence electrons. The summed E-state index contributed by atoms with van der Waals surface area (Å²) in [4.78, 5) is 13.6. The minimum atomic E-state index is -0.625. The summed E-state index contributed by atoms with van der Waals surface area (Å²) in [5, 5.41) is 9.18. The number of carbonyl (C=O) groups is 1. The average Bonchev–Trinajstić information content (AvgIpc) is 2.70. The minimum Gasteiger partial charge on any atom is -0.481 e. The van der Waals surface area contributed by atoms with E-state index in [1.807, 2.05) is 0 Å². The molecule has 1 unspecified atom stereocenters. The molecule has 0 aromatic heterocycles. The van der Waals surface area contributed by atoms with E-state index in [1.54, 1.807) is 0 Å². The highest BCUT2D eigenvalue weighted by molar-refractivity contribution is 5.72. The predicted octanol–water partition coefficient (Wildman–Crippen LogP) is 2.11. The SMILES string of the molecule is CC1(C)C(C(=O)O)CCN1C1CCCC1. The molecule has 1 saturated heterocycles. The highest BCUT2D eigenvalue weighted by atomic mass is 16.4. The van der Waals surface area contributed by atoms with Crippen LogP contribution in [0.1, 0.15) is 46.0 Å². The molecule has 2 aliphatic rings. The van der Waals surface area contributed by atoms with Crippen molar-refractivity contribution in [2.24, 2.45) is 5.92 Å². The molecule has 0 amide bonds. The van der Waals surface area contributed by atoms with Crippen molar-refractivity contribution >= 4 is 5.97 Å². The van der Waals surface area contributed by atoms with Gasteiger partial charge in [0.15, 0.2) is 0 Å². The Hall–Kier alpha value is -0.570. The van der Waals surface area contributed by atoms with E-state index in [-0.39, 0.29) is 11.5 Å². The smallest absolute Gasteiger partial charge is 0.308 e.